The van der Waals surface area contributed by atoms with Crippen LogP contribution in [-0.4, -0.2) is 36.2 Å². The molecular formula is C19H15FN8O. The Morgan fingerprint density at radius 3 is 2.83 bits per heavy atom. The third-order valence-corrected chi connectivity index (χ3v) is 4.31. The number of aromatic nitrogens is 5. The highest BCUT2D eigenvalue weighted by Gasteiger charge is 2.23. The lowest BCUT2D eigenvalue weighted by Crippen LogP contribution is -2.21. The minimum Gasteiger partial charge on any atom is -0.394 e. The molecule has 4 N–H and O–H groups in total. The molecule has 0 amide bonds. The number of aliphatic hydroxyl groups is 1. The van der Waals surface area contributed by atoms with Gasteiger partial charge in [-0.3, -0.25) is 4.57 Å². The smallest absolute Gasteiger partial charge is 0.150 e. The lowest BCUT2D eigenvalue weighted by molar-refractivity contribution is 0.271. The summed E-state index contributed by atoms with van der Waals surface area (Å²) in [6.45, 7) is -0.382. The zero-order valence-corrected chi connectivity index (χ0v) is 15.0. The molecule has 1 atom stereocenters. The summed E-state index contributed by atoms with van der Waals surface area (Å²) in [6, 6.07) is 10.6. The van der Waals surface area contributed by atoms with Gasteiger partial charge in [-0.15, -0.1) is 0 Å². The quantitative estimate of drug-likeness (QED) is 0.470. The van der Waals surface area contributed by atoms with Gasteiger partial charge < -0.3 is 16.2 Å². The Morgan fingerprint density at radius 2 is 2.10 bits per heavy atom. The lowest BCUT2D eigenvalue weighted by Gasteiger charge is -2.19. The number of nitrogen functional groups attached to an aromatic ring is 1. The lowest BCUT2D eigenvalue weighted by atomic mass is 10.2. The number of hydrogen-bond donors (Lipinski definition) is 3. The van der Waals surface area contributed by atoms with Crippen LogP contribution >= 0.6 is 0 Å². The maximum atomic E-state index is 13.9. The number of imidazole rings is 1. The Hall–Kier alpha value is -4.10. The second-order valence-electron chi connectivity index (χ2n) is 6.10. The number of nitriles is 1. The van der Waals surface area contributed by atoms with Crippen molar-refractivity contribution >= 4 is 22.7 Å². The maximum Gasteiger partial charge on any atom is 0.150 e. The van der Waals surface area contributed by atoms with E-state index in [0.29, 0.717) is 22.7 Å². The van der Waals surface area contributed by atoms with Gasteiger partial charge in [0, 0.05) is 12.3 Å². The molecule has 3 heterocycles. The molecule has 10 heteroatoms. The molecule has 0 radical (unpaired) electrons. The molecule has 0 saturated heterocycles. The van der Waals surface area contributed by atoms with Crippen LogP contribution in [0.15, 0.2) is 48.9 Å². The first kappa shape index (κ1) is 18.3. The van der Waals surface area contributed by atoms with E-state index in [4.69, 9.17) is 5.73 Å². The Balaban J connectivity index is 1.88. The van der Waals surface area contributed by atoms with E-state index in [1.807, 2.05) is 6.07 Å². The number of aliphatic hydroxyl groups excluding tert-OH is 1. The number of fused-ring (bicyclic) bond motifs is 1. The van der Waals surface area contributed by atoms with E-state index in [0.717, 1.165) is 0 Å². The van der Waals surface area contributed by atoms with Crippen molar-refractivity contribution in [3.05, 3.63) is 66.1 Å². The van der Waals surface area contributed by atoms with Gasteiger partial charge in [0.1, 0.15) is 53.1 Å². The van der Waals surface area contributed by atoms with E-state index in [9.17, 15) is 14.8 Å². The highest BCUT2D eigenvalue weighted by atomic mass is 19.1. The van der Waals surface area contributed by atoms with E-state index >= 15 is 0 Å². The number of nitrogens with zero attached hydrogens (tertiary/aromatic N) is 6. The summed E-state index contributed by atoms with van der Waals surface area (Å²) >= 11 is 0. The summed E-state index contributed by atoms with van der Waals surface area (Å²) in [5.74, 6) is 0.614. The molecule has 0 saturated carbocycles. The number of pyridine rings is 1. The van der Waals surface area contributed by atoms with E-state index in [1.54, 1.807) is 35.0 Å². The minimum atomic E-state index is -0.783. The van der Waals surface area contributed by atoms with Crippen LogP contribution in [0, 0.1) is 17.1 Å². The first-order chi connectivity index (χ1) is 14.1. The summed E-state index contributed by atoms with van der Waals surface area (Å²) in [7, 11) is 0. The molecule has 1 aromatic carbocycles. The van der Waals surface area contributed by atoms with Crippen molar-refractivity contribution in [1.29, 1.82) is 5.26 Å². The number of nitrogens with one attached hydrogen (secondary N) is 1. The van der Waals surface area contributed by atoms with Gasteiger partial charge in [0.05, 0.1) is 17.6 Å². The normalized spacial score (nSPS) is 11.9. The summed E-state index contributed by atoms with van der Waals surface area (Å²) in [5.41, 5.74) is 6.80. The van der Waals surface area contributed by atoms with Crippen LogP contribution in [0.5, 0.6) is 0 Å². The summed E-state index contributed by atoms with van der Waals surface area (Å²) in [5, 5.41) is 22.4. The van der Waals surface area contributed by atoms with Crippen LogP contribution in [0.3, 0.4) is 0 Å². The third kappa shape index (κ3) is 3.30. The Labute approximate surface area is 164 Å². The highest BCUT2D eigenvalue weighted by Crippen LogP contribution is 2.28. The molecule has 0 aliphatic heterocycles. The molecular weight excluding hydrogens is 375 g/mol. The van der Waals surface area contributed by atoms with Crippen molar-refractivity contribution < 1.29 is 9.50 Å². The van der Waals surface area contributed by atoms with Gasteiger partial charge >= 0.3 is 0 Å². The summed E-state index contributed by atoms with van der Waals surface area (Å²) in [4.78, 5) is 16.7. The van der Waals surface area contributed by atoms with Crippen LogP contribution in [0.4, 0.5) is 16.0 Å². The molecule has 0 bridgehead atoms. The van der Waals surface area contributed by atoms with E-state index < -0.39 is 11.9 Å². The van der Waals surface area contributed by atoms with Gasteiger partial charge in [-0.2, -0.15) is 5.26 Å². The van der Waals surface area contributed by atoms with Crippen molar-refractivity contribution in [2.24, 2.45) is 0 Å². The predicted molar refractivity (Wildman–Crippen MR) is 103 cm³/mol. The molecule has 0 unspecified atom stereocenters. The molecule has 9 nitrogen and oxygen atoms in total. The Bertz CT molecular complexity index is 1220. The maximum absolute atomic E-state index is 13.9. The van der Waals surface area contributed by atoms with Crippen molar-refractivity contribution in [2.45, 2.75) is 6.04 Å². The van der Waals surface area contributed by atoms with E-state index in [2.05, 4.69) is 25.3 Å². The molecule has 3 aromatic heterocycles. The van der Waals surface area contributed by atoms with Crippen LogP contribution in [0.2, 0.25) is 0 Å². The number of hydrogen-bond acceptors (Lipinski definition) is 8. The van der Waals surface area contributed by atoms with Gasteiger partial charge in [-0.1, -0.05) is 6.07 Å². The summed E-state index contributed by atoms with van der Waals surface area (Å²) in [6.07, 6.45) is 2.81. The monoisotopic (exact) mass is 390 g/mol. The van der Waals surface area contributed by atoms with Crippen molar-refractivity contribution in [3.8, 4) is 11.9 Å². The molecule has 0 aliphatic rings. The molecule has 0 fully saturated rings. The average Bonchev–Trinajstić information content (AvgIpc) is 3.11. The number of benzene rings is 1. The number of halogens is 1. The van der Waals surface area contributed by atoms with Gasteiger partial charge in [-0.25, -0.2) is 24.3 Å². The van der Waals surface area contributed by atoms with Crippen LogP contribution in [-0.2, 0) is 0 Å². The minimum absolute atomic E-state index is 0.0157. The predicted octanol–water partition coefficient (Wildman–Crippen LogP) is 1.95. The fraction of sp³-hybridized carbons (Fsp3) is 0.105. The van der Waals surface area contributed by atoms with Gasteiger partial charge in [-0.05, 0) is 24.3 Å². The zero-order chi connectivity index (χ0) is 20.4. The first-order valence-electron chi connectivity index (χ1n) is 8.59. The SMILES string of the molecule is N#Cc1c(N)ncnc1N[C@@H](CO)c1nc2ccc(F)cc2n1-c1ccccn1. The van der Waals surface area contributed by atoms with Crippen LogP contribution in [0.1, 0.15) is 17.4 Å². The number of anilines is 2. The van der Waals surface area contributed by atoms with Crippen molar-refractivity contribution in [3.63, 3.8) is 0 Å². The zero-order valence-electron chi connectivity index (χ0n) is 15.0. The number of nitrogens with two attached hydrogens (primary N) is 1. The summed E-state index contributed by atoms with van der Waals surface area (Å²) < 4.78 is 15.6. The van der Waals surface area contributed by atoms with E-state index in [1.165, 1.54) is 18.5 Å². The topological polar surface area (TPSA) is 139 Å². The molecule has 144 valence electrons. The fourth-order valence-electron chi connectivity index (χ4n) is 3.00. The standard InChI is InChI=1S/C19H15FN8O/c20-11-4-5-13-15(7-11)28(16-3-1-2-6-23-16)19(27-13)14(9-29)26-18-12(8-21)17(22)24-10-25-18/h1-7,10,14,29H,9H2,(H3,22,24,25,26)/t14-/m0/s1. The van der Waals surface area contributed by atoms with E-state index in [-0.39, 0.29) is 23.8 Å². The fourth-order valence-corrected chi connectivity index (χ4v) is 3.00. The van der Waals surface area contributed by atoms with Crippen molar-refractivity contribution in [1.82, 2.24) is 24.5 Å². The molecule has 4 aromatic rings. The second kappa shape index (κ2) is 7.49. The number of rotatable bonds is 5. The molecule has 0 aliphatic carbocycles. The Kier molecular flexibility index (Phi) is 4.72. The Morgan fingerprint density at radius 1 is 1.24 bits per heavy atom. The van der Waals surface area contributed by atoms with Gasteiger partial charge in [0.25, 0.3) is 0 Å². The average molecular weight is 390 g/mol. The van der Waals surface area contributed by atoms with Gasteiger partial charge in [0.15, 0.2) is 0 Å². The van der Waals surface area contributed by atoms with Gasteiger partial charge in [0.2, 0.25) is 0 Å². The molecule has 29 heavy (non-hydrogen) atoms. The third-order valence-electron chi connectivity index (χ3n) is 4.31. The van der Waals surface area contributed by atoms with Crippen LogP contribution in [0.25, 0.3) is 16.9 Å². The first-order valence-corrected chi connectivity index (χ1v) is 8.59. The van der Waals surface area contributed by atoms with Crippen molar-refractivity contribution in [2.75, 3.05) is 17.7 Å². The van der Waals surface area contributed by atoms with Crippen LogP contribution < -0.4 is 11.1 Å². The largest absolute Gasteiger partial charge is 0.394 e. The molecule has 0 spiro atoms. The molecule has 4 rings (SSSR count). The second-order valence-corrected chi connectivity index (χ2v) is 6.10. The highest BCUT2D eigenvalue weighted by molar-refractivity contribution is 5.78.